The van der Waals surface area contributed by atoms with E-state index in [0.29, 0.717) is 31.9 Å². The molecule has 0 aromatic heterocycles. The van der Waals surface area contributed by atoms with E-state index in [4.69, 9.17) is 0 Å². The van der Waals surface area contributed by atoms with Crippen LogP contribution in [0.15, 0.2) is 24.3 Å². The van der Waals surface area contributed by atoms with E-state index in [1.807, 2.05) is 15.9 Å². The largest absolute Gasteiger partial charge is 0.362 e. The molecule has 0 aliphatic carbocycles. The summed E-state index contributed by atoms with van der Waals surface area (Å²) >= 11 is 0. The van der Waals surface area contributed by atoms with Crippen molar-refractivity contribution in [1.29, 1.82) is 0 Å². The van der Waals surface area contributed by atoms with Crippen molar-refractivity contribution in [2.45, 2.75) is 12.8 Å². The fourth-order valence-corrected chi connectivity index (χ4v) is 3.38. The first-order chi connectivity index (χ1) is 11.2. The first kappa shape index (κ1) is 15.7. The van der Waals surface area contributed by atoms with Crippen LogP contribution in [0.25, 0.3) is 0 Å². The van der Waals surface area contributed by atoms with Gasteiger partial charge in [-0.05, 0) is 32.0 Å². The van der Waals surface area contributed by atoms with Gasteiger partial charge in [-0.3, -0.25) is 14.9 Å². The number of nitro groups is 1. The zero-order valence-corrected chi connectivity index (χ0v) is 13.1. The van der Waals surface area contributed by atoms with Gasteiger partial charge in [0.15, 0.2) is 0 Å². The lowest BCUT2D eigenvalue weighted by molar-refractivity contribution is -0.384. The number of nitrogens with zero attached hydrogens (tertiary/aromatic N) is 3. The fraction of sp³-hybridized carbons (Fsp3) is 0.562. The first-order valence-corrected chi connectivity index (χ1v) is 8.14. The Kier molecular flexibility index (Phi) is 4.76. The van der Waals surface area contributed by atoms with Crippen molar-refractivity contribution in [1.82, 2.24) is 10.2 Å². The second-order valence-electron chi connectivity index (χ2n) is 6.08. The molecule has 0 unspecified atom stereocenters. The maximum Gasteiger partial charge on any atom is 0.292 e. The van der Waals surface area contributed by atoms with Gasteiger partial charge in [0.2, 0.25) is 5.91 Å². The molecule has 0 bridgehead atoms. The van der Waals surface area contributed by atoms with Crippen LogP contribution in [0.4, 0.5) is 11.4 Å². The lowest BCUT2D eigenvalue weighted by Gasteiger charge is -2.38. The molecule has 7 nitrogen and oxygen atoms in total. The maximum atomic E-state index is 12.5. The number of piperazine rings is 1. The van der Waals surface area contributed by atoms with Crippen LogP contribution in [0, 0.1) is 16.0 Å². The number of piperidine rings is 1. The standard InChI is InChI=1S/C16H22N4O3/c21-16(13-5-7-17-8-6-13)19-11-9-18(10-12-19)14-3-1-2-4-15(14)20(22)23/h1-4,13,17H,5-12H2. The summed E-state index contributed by atoms with van der Waals surface area (Å²) in [6, 6.07) is 6.80. The molecular formula is C16H22N4O3. The molecule has 1 amide bonds. The summed E-state index contributed by atoms with van der Waals surface area (Å²) in [7, 11) is 0. The highest BCUT2D eigenvalue weighted by Crippen LogP contribution is 2.28. The minimum absolute atomic E-state index is 0.130. The minimum Gasteiger partial charge on any atom is -0.362 e. The highest BCUT2D eigenvalue weighted by Gasteiger charge is 2.29. The van der Waals surface area contributed by atoms with E-state index >= 15 is 0 Å². The van der Waals surface area contributed by atoms with Gasteiger partial charge in [-0.25, -0.2) is 0 Å². The van der Waals surface area contributed by atoms with E-state index in [2.05, 4.69) is 5.32 Å². The molecule has 3 rings (SSSR count). The maximum absolute atomic E-state index is 12.5. The smallest absolute Gasteiger partial charge is 0.292 e. The van der Waals surface area contributed by atoms with Crippen LogP contribution in [0.2, 0.25) is 0 Å². The first-order valence-electron chi connectivity index (χ1n) is 8.14. The van der Waals surface area contributed by atoms with Crippen LogP contribution >= 0.6 is 0 Å². The lowest BCUT2D eigenvalue weighted by Crippen LogP contribution is -2.51. The van der Waals surface area contributed by atoms with E-state index in [9.17, 15) is 14.9 Å². The Balaban J connectivity index is 1.62. The summed E-state index contributed by atoms with van der Waals surface area (Å²) in [5, 5.41) is 14.4. The van der Waals surface area contributed by atoms with Crippen LogP contribution in [0.5, 0.6) is 0 Å². The van der Waals surface area contributed by atoms with Gasteiger partial charge in [0.05, 0.1) is 4.92 Å². The van der Waals surface area contributed by atoms with Gasteiger partial charge in [0.25, 0.3) is 5.69 Å². The van der Waals surface area contributed by atoms with Crippen LogP contribution in [-0.4, -0.2) is 55.0 Å². The third-order valence-electron chi connectivity index (χ3n) is 4.70. The highest BCUT2D eigenvalue weighted by atomic mass is 16.6. The molecule has 7 heteroatoms. The normalized spacial score (nSPS) is 19.7. The van der Waals surface area contributed by atoms with E-state index in [1.54, 1.807) is 12.1 Å². The zero-order chi connectivity index (χ0) is 16.2. The van der Waals surface area contributed by atoms with E-state index < -0.39 is 0 Å². The van der Waals surface area contributed by atoms with Gasteiger partial charge in [-0.1, -0.05) is 12.1 Å². The second kappa shape index (κ2) is 6.95. The number of nitrogens with one attached hydrogen (secondary N) is 1. The predicted octanol–water partition coefficient (Wildman–Crippen LogP) is 1.24. The fourth-order valence-electron chi connectivity index (χ4n) is 3.38. The Bertz CT molecular complexity index is 578. The van der Waals surface area contributed by atoms with Gasteiger partial charge < -0.3 is 15.1 Å². The number of hydrogen-bond acceptors (Lipinski definition) is 5. The molecule has 1 aromatic carbocycles. The average molecular weight is 318 g/mol. The number of nitro benzene ring substituents is 1. The monoisotopic (exact) mass is 318 g/mol. The number of hydrogen-bond donors (Lipinski definition) is 1. The number of anilines is 1. The van der Waals surface area contributed by atoms with Crippen molar-refractivity contribution in [2.75, 3.05) is 44.2 Å². The molecule has 2 saturated heterocycles. The molecular weight excluding hydrogens is 296 g/mol. The number of benzene rings is 1. The van der Waals surface area contributed by atoms with Crippen molar-refractivity contribution in [2.24, 2.45) is 5.92 Å². The quantitative estimate of drug-likeness (QED) is 0.670. The SMILES string of the molecule is O=C(C1CCNCC1)N1CCN(c2ccccc2[N+](=O)[O-])CC1. The Labute approximate surface area is 135 Å². The van der Waals surface area contributed by atoms with Crippen molar-refractivity contribution >= 4 is 17.3 Å². The molecule has 2 aliphatic heterocycles. The van der Waals surface area contributed by atoms with Gasteiger partial charge in [-0.2, -0.15) is 0 Å². The van der Waals surface area contributed by atoms with Crippen molar-refractivity contribution in [3.63, 3.8) is 0 Å². The topological polar surface area (TPSA) is 78.7 Å². The molecule has 0 saturated carbocycles. The molecule has 1 aromatic rings. The number of rotatable bonds is 3. The van der Waals surface area contributed by atoms with Gasteiger partial charge in [0.1, 0.15) is 5.69 Å². The van der Waals surface area contributed by atoms with Crippen LogP contribution in [-0.2, 0) is 4.79 Å². The van der Waals surface area contributed by atoms with Gasteiger partial charge >= 0.3 is 0 Å². The average Bonchev–Trinajstić information content (AvgIpc) is 2.62. The summed E-state index contributed by atoms with van der Waals surface area (Å²) < 4.78 is 0. The van der Waals surface area contributed by atoms with Crippen LogP contribution in [0.3, 0.4) is 0 Å². The molecule has 2 aliphatic rings. The zero-order valence-electron chi connectivity index (χ0n) is 13.1. The highest BCUT2D eigenvalue weighted by molar-refractivity contribution is 5.79. The van der Waals surface area contributed by atoms with Crippen LogP contribution in [0.1, 0.15) is 12.8 Å². The Morgan fingerprint density at radius 2 is 1.78 bits per heavy atom. The molecule has 0 atom stereocenters. The van der Waals surface area contributed by atoms with Gasteiger partial charge in [0, 0.05) is 38.2 Å². The summed E-state index contributed by atoms with van der Waals surface area (Å²) in [4.78, 5) is 27.3. The third-order valence-corrected chi connectivity index (χ3v) is 4.70. The number of carbonyl (C=O) groups excluding carboxylic acids is 1. The van der Waals surface area contributed by atoms with Crippen molar-refractivity contribution in [3.8, 4) is 0 Å². The Hall–Kier alpha value is -2.15. The molecule has 23 heavy (non-hydrogen) atoms. The Morgan fingerprint density at radius 1 is 1.13 bits per heavy atom. The van der Waals surface area contributed by atoms with Crippen molar-refractivity contribution < 1.29 is 9.72 Å². The van der Waals surface area contributed by atoms with Crippen molar-refractivity contribution in [3.05, 3.63) is 34.4 Å². The summed E-state index contributed by atoms with van der Waals surface area (Å²) in [5.41, 5.74) is 0.775. The lowest BCUT2D eigenvalue weighted by atomic mass is 9.96. The predicted molar refractivity (Wildman–Crippen MR) is 87.5 cm³/mol. The molecule has 1 N–H and O–H groups in total. The molecule has 0 spiro atoms. The van der Waals surface area contributed by atoms with E-state index in [-0.39, 0.29) is 22.4 Å². The van der Waals surface area contributed by atoms with Crippen LogP contribution < -0.4 is 10.2 Å². The third kappa shape index (κ3) is 3.44. The van der Waals surface area contributed by atoms with E-state index in [0.717, 1.165) is 25.9 Å². The summed E-state index contributed by atoms with van der Waals surface area (Å²) in [6.07, 6.45) is 1.81. The minimum atomic E-state index is -0.345. The molecule has 2 fully saturated rings. The molecule has 2 heterocycles. The molecule has 0 radical (unpaired) electrons. The molecule has 124 valence electrons. The Morgan fingerprint density at radius 3 is 2.43 bits per heavy atom. The number of para-hydroxylation sites is 2. The summed E-state index contributed by atoms with van der Waals surface area (Å²) in [5.74, 6) is 0.377. The summed E-state index contributed by atoms with van der Waals surface area (Å²) in [6.45, 7) is 4.37. The number of amides is 1. The second-order valence-corrected chi connectivity index (χ2v) is 6.08. The van der Waals surface area contributed by atoms with Gasteiger partial charge in [-0.15, -0.1) is 0 Å². The van der Waals surface area contributed by atoms with E-state index in [1.165, 1.54) is 6.07 Å². The number of carbonyl (C=O) groups is 1.